The normalized spacial score (nSPS) is 27.6. The highest BCUT2D eigenvalue weighted by molar-refractivity contribution is 5.60. The standard InChI is InChI=1S/C17H23N3/c1-20(11-16-7-12-2-4-14(16)6-12)17-5-3-13(9-18)8-15(17)10-19/h3,5,8,12,14,16H,2,4,6-7,9,11,18H2,1H3. The molecule has 1 aromatic carbocycles. The van der Waals surface area contributed by atoms with Crippen LogP contribution in [0, 0.1) is 29.1 Å². The molecule has 0 heterocycles. The van der Waals surface area contributed by atoms with Crippen molar-refractivity contribution in [2.45, 2.75) is 32.2 Å². The Kier molecular flexibility index (Phi) is 3.67. The van der Waals surface area contributed by atoms with Crippen molar-refractivity contribution in [1.82, 2.24) is 0 Å². The topological polar surface area (TPSA) is 53.0 Å². The molecule has 2 aliphatic rings. The molecule has 1 aromatic rings. The van der Waals surface area contributed by atoms with E-state index in [9.17, 15) is 5.26 Å². The molecule has 2 aliphatic carbocycles. The van der Waals surface area contributed by atoms with E-state index < -0.39 is 0 Å². The summed E-state index contributed by atoms with van der Waals surface area (Å²) >= 11 is 0. The summed E-state index contributed by atoms with van der Waals surface area (Å²) in [5.41, 5.74) is 8.47. The second-order valence-corrected chi connectivity index (χ2v) is 6.48. The van der Waals surface area contributed by atoms with Gasteiger partial charge in [-0.1, -0.05) is 12.5 Å². The van der Waals surface area contributed by atoms with Gasteiger partial charge < -0.3 is 10.6 Å². The summed E-state index contributed by atoms with van der Waals surface area (Å²) in [6.45, 7) is 1.57. The van der Waals surface area contributed by atoms with Gasteiger partial charge in [-0.25, -0.2) is 0 Å². The number of hydrogen-bond donors (Lipinski definition) is 1. The van der Waals surface area contributed by atoms with Gasteiger partial charge in [0.05, 0.1) is 11.3 Å². The zero-order valence-corrected chi connectivity index (χ0v) is 12.2. The maximum Gasteiger partial charge on any atom is 0.101 e. The monoisotopic (exact) mass is 269 g/mol. The summed E-state index contributed by atoms with van der Waals surface area (Å²) in [5.74, 6) is 2.73. The first-order valence-electron chi connectivity index (χ1n) is 7.65. The number of anilines is 1. The largest absolute Gasteiger partial charge is 0.373 e. The van der Waals surface area contributed by atoms with Crippen molar-refractivity contribution in [3.8, 4) is 6.07 Å². The lowest BCUT2D eigenvalue weighted by molar-refractivity contribution is 0.337. The molecule has 2 bridgehead atoms. The van der Waals surface area contributed by atoms with Crippen molar-refractivity contribution in [2.75, 3.05) is 18.5 Å². The van der Waals surface area contributed by atoms with Crippen LogP contribution >= 0.6 is 0 Å². The number of nitrogens with two attached hydrogens (primary N) is 1. The second-order valence-electron chi connectivity index (χ2n) is 6.48. The fourth-order valence-electron chi connectivity index (χ4n) is 4.18. The quantitative estimate of drug-likeness (QED) is 0.914. The van der Waals surface area contributed by atoms with Crippen molar-refractivity contribution in [2.24, 2.45) is 23.5 Å². The highest BCUT2D eigenvalue weighted by atomic mass is 15.1. The van der Waals surface area contributed by atoms with E-state index in [0.717, 1.165) is 41.1 Å². The molecule has 0 saturated heterocycles. The van der Waals surface area contributed by atoms with E-state index in [1.807, 2.05) is 18.2 Å². The molecule has 3 heteroatoms. The SMILES string of the molecule is CN(CC1CC2CCC1C2)c1ccc(CN)cc1C#N. The van der Waals surface area contributed by atoms with Crippen LogP contribution in [0.25, 0.3) is 0 Å². The molecule has 2 saturated carbocycles. The van der Waals surface area contributed by atoms with E-state index >= 15 is 0 Å². The molecule has 2 N–H and O–H groups in total. The summed E-state index contributed by atoms with van der Waals surface area (Å²) in [6.07, 6.45) is 5.69. The van der Waals surface area contributed by atoms with Gasteiger partial charge in [0.1, 0.15) is 6.07 Å². The van der Waals surface area contributed by atoms with Crippen LogP contribution in [-0.4, -0.2) is 13.6 Å². The summed E-state index contributed by atoms with van der Waals surface area (Å²) in [7, 11) is 2.12. The molecule has 3 nitrogen and oxygen atoms in total. The fraction of sp³-hybridized carbons (Fsp3) is 0.588. The lowest BCUT2D eigenvalue weighted by Crippen LogP contribution is -2.29. The molecular weight excluding hydrogens is 246 g/mol. The predicted octanol–water partition coefficient (Wildman–Crippen LogP) is 2.89. The summed E-state index contributed by atoms with van der Waals surface area (Å²) in [5, 5.41) is 9.34. The third-order valence-electron chi connectivity index (χ3n) is 5.22. The highest BCUT2D eigenvalue weighted by Gasteiger charge is 2.39. The Morgan fingerprint density at radius 3 is 2.80 bits per heavy atom. The average Bonchev–Trinajstić information content (AvgIpc) is 3.09. The molecule has 20 heavy (non-hydrogen) atoms. The van der Waals surface area contributed by atoms with Crippen molar-refractivity contribution in [1.29, 1.82) is 5.26 Å². The number of nitrogens with zero attached hydrogens (tertiary/aromatic N) is 2. The minimum atomic E-state index is 0.491. The number of hydrogen-bond acceptors (Lipinski definition) is 3. The third-order valence-corrected chi connectivity index (χ3v) is 5.22. The molecular formula is C17H23N3. The Morgan fingerprint density at radius 1 is 1.35 bits per heavy atom. The Labute approximate surface area is 121 Å². The number of rotatable bonds is 4. The van der Waals surface area contributed by atoms with Crippen LogP contribution in [0.15, 0.2) is 18.2 Å². The Bertz CT molecular complexity index is 532. The van der Waals surface area contributed by atoms with Gasteiger partial charge in [0.25, 0.3) is 0 Å². The van der Waals surface area contributed by atoms with Crippen LogP contribution in [0.5, 0.6) is 0 Å². The molecule has 0 radical (unpaired) electrons. The number of benzene rings is 1. The summed E-state index contributed by atoms with van der Waals surface area (Å²) in [4.78, 5) is 2.27. The van der Waals surface area contributed by atoms with Gasteiger partial charge in [-0.2, -0.15) is 5.26 Å². The van der Waals surface area contributed by atoms with E-state index in [4.69, 9.17) is 5.73 Å². The molecule has 3 atom stereocenters. The van der Waals surface area contributed by atoms with Crippen molar-refractivity contribution in [3.63, 3.8) is 0 Å². The molecule has 3 unspecified atom stereocenters. The molecule has 106 valence electrons. The zero-order chi connectivity index (χ0) is 14.1. The highest BCUT2D eigenvalue weighted by Crippen LogP contribution is 2.48. The van der Waals surface area contributed by atoms with E-state index in [-0.39, 0.29) is 0 Å². The average molecular weight is 269 g/mol. The summed E-state index contributed by atoms with van der Waals surface area (Å²) < 4.78 is 0. The van der Waals surface area contributed by atoms with Crippen molar-refractivity contribution < 1.29 is 0 Å². The van der Waals surface area contributed by atoms with Crippen molar-refractivity contribution in [3.05, 3.63) is 29.3 Å². The zero-order valence-electron chi connectivity index (χ0n) is 12.2. The van der Waals surface area contributed by atoms with E-state index in [1.165, 1.54) is 25.7 Å². The second kappa shape index (κ2) is 5.46. The van der Waals surface area contributed by atoms with Gasteiger partial charge in [-0.3, -0.25) is 0 Å². The third kappa shape index (κ3) is 2.41. The van der Waals surface area contributed by atoms with Crippen LogP contribution in [0.4, 0.5) is 5.69 Å². The van der Waals surface area contributed by atoms with E-state index in [2.05, 4.69) is 18.0 Å². The Balaban J connectivity index is 1.74. The van der Waals surface area contributed by atoms with Gasteiger partial charge in [-0.05, 0) is 54.7 Å². The minimum absolute atomic E-state index is 0.491. The Hall–Kier alpha value is -1.53. The van der Waals surface area contributed by atoms with E-state index in [0.29, 0.717) is 6.54 Å². The maximum absolute atomic E-state index is 9.34. The van der Waals surface area contributed by atoms with Gasteiger partial charge >= 0.3 is 0 Å². The van der Waals surface area contributed by atoms with Gasteiger partial charge in [-0.15, -0.1) is 0 Å². The van der Waals surface area contributed by atoms with Gasteiger partial charge in [0.2, 0.25) is 0 Å². The number of fused-ring (bicyclic) bond motifs is 2. The predicted molar refractivity (Wildman–Crippen MR) is 81.3 cm³/mol. The lowest BCUT2D eigenvalue weighted by atomic mass is 9.88. The smallest absolute Gasteiger partial charge is 0.101 e. The Morgan fingerprint density at radius 2 is 2.20 bits per heavy atom. The first-order chi connectivity index (χ1) is 9.71. The molecule has 0 amide bonds. The number of nitriles is 1. The van der Waals surface area contributed by atoms with Crippen LogP contribution in [0.2, 0.25) is 0 Å². The van der Waals surface area contributed by atoms with Crippen LogP contribution < -0.4 is 10.6 Å². The van der Waals surface area contributed by atoms with Crippen LogP contribution in [0.1, 0.15) is 36.8 Å². The van der Waals surface area contributed by atoms with Gasteiger partial charge in [0, 0.05) is 20.1 Å². The maximum atomic E-state index is 9.34. The first kappa shape index (κ1) is 13.5. The van der Waals surface area contributed by atoms with Crippen LogP contribution in [-0.2, 0) is 6.54 Å². The molecule has 2 fully saturated rings. The van der Waals surface area contributed by atoms with Crippen LogP contribution in [0.3, 0.4) is 0 Å². The molecule has 0 aromatic heterocycles. The lowest BCUT2D eigenvalue weighted by Gasteiger charge is -2.29. The fourth-order valence-corrected chi connectivity index (χ4v) is 4.18. The molecule has 3 rings (SSSR count). The van der Waals surface area contributed by atoms with Crippen molar-refractivity contribution >= 4 is 5.69 Å². The van der Waals surface area contributed by atoms with E-state index in [1.54, 1.807) is 0 Å². The molecule has 0 spiro atoms. The molecule has 0 aliphatic heterocycles. The first-order valence-corrected chi connectivity index (χ1v) is 7.65. The van der Waals surface area contributed by atoms with Gasteiger partial charge in [0.15, 0.2) is 0 Å². The summed E-state index contributed by atoms with van der Waals surface area (Å²) in [6, 6.07) is 8.32. The minimum Gasteiger partial charge on any atom is -0.373 e.